The van der Waals surface area contributed by atoms with Gasteiger partial charge in [0, 0.05) is 18.8 Å². The molecule has 0 saturated carbocycles. The molecule has 0 unspecified atom stereocenters. The molecule has 0 N–H and O–H groups in total. The monoisotopic (exact) mass is 319 g/mol. The molecular formula is C12H14FNO4S2. The van der Waals surface area contributed by atoms with Gasteiger partial charge < -0.3 is 4.74 Å². The number of carbonyl (C=O) groups excluding carboxylic acids is 1. The van der Waals surface area contributed by atoms with Gasteiger partial charge in [0.15, 0.2) is 0 Å². The fourth-order valence-electron chi connectivity index (χ4n) is 1.87. The van der Waals surface area contributed by atoms with Crippen molar-refractivity contribution in [1.82, 2.24) is 4.31 Å². The first-order chi connectivity index (χ1) is 9.45. The average molecular weight is 319 g/mol. The van der Waals surface area contributed by atoms with E-state index in [1.54, 1.807) is 0 Å². The van der Waals surface area contributed by atoms with Crippen molar-refractivity contribution in [3.05, 3.63) is 30.1 Å². The number of methoxy groups -OCH3 is 1. The van der Waals surface area contributed by atoms with Crippen molar-refractivity contribution in [1.29, 1.82) is 0 Å². The van der Waals surface area contributed by atoms with Crippen molar-refractivity contribution in [2.75, 3.05) is 26.0 Å². The van der Waals surface area contributed by atoms with Crippen molar-refractivity contribution >= 4 is 27.8 Å². The highest BCUT2D eigenvalue weighted by Gasteiger charge is 2.34. The van der Waals surface area contributed by atoms with Crippen LogP contribution in [0.4, 0.5) is 4.39 Å². The molecule has 110 valence electrons. The largest absolute Gasteiger partial charge is 0.468 e. The molecule has 0 aromatic heterocycles. The first-order valence-electron chi connectivity index (χ1n) is 5.90. The minimum atomic E-state index is -3.71. The number of sulfonamides is 1. The second kappa shape index (κ2) is 6.11. The molecule has 1 aliphatic heterocycles. The van der Waals surface area contributed by atoms with E-state index < -0.39 is 27.1 Å². The summed E-state index contributed by atoms with van der Waals surface area (Å²) in [5, 5.41) is -0.524. The lowest BCUT2D eigenvalue weighted by atomic mass is 10.4. The summed E-state index contributed by atoms with van der Waals surface area (Å²) in [6, 6.07) is 4.64. The molecule has 0 spiro atoms. The SMILES string of the molecule is COC(=O)[C@@H]1CN(S(=O)(=O)c2ccc(F)cc2)CCS1. The van der Waals surface area contributed by atoms with Crippen molar-refractivity contribution in [3.63, 3.8) is 0 Å². The van der Waals surface area contributed by atoms with Gasteiger partial charge in [-0.3, -0.25) is 4.79 Å². The van der Waals surface area contributed by atoms with Gasteiger partial charge in [0.25, 0.3) is 0 Å². The van der Waals surface area contributed by atoms with Crippen LogP contribution in [0.2, 0.25) is 0 Å². The van der Waals surface area contributed by atoms with Gasteiger partial charge in [-0.05, 0) is 24.3 Å². The molecule has 0 radical (unpaired) electrons. The van der Waals surface area contributed by atoms with Crippen LogP contribution in [0.1, 0.15) is 0 Å². The number of hydrogen-bond acceptors (Lipinski definition) is 5. The number of benzene rings is 1. The van der Waals surface area contributed by atoms with Gasteiger partial charge in [-0.25, -0.2) is 12.8 Å². The van der Waals surface area contributed by atoms with E-state index in [1.807, 2.05) is 0 Å². The van der Waals surface area contributed by atoms with Crippen LogP contribution in [0.15, 0.2) is 29.2 Å². The summed E-state index contributed by atoms with van der Waals surface area (Å²) in [5.74, 6) is -0.417. The molecule has 1 aromatic rings. The van der Waals surface area contributed by atoms with Gasteiger partial charge in [-0.1, -0.05) is 0 Å². The minimum absolute atomic E-state index is 0.0226. The molecule has 1 aliphatic rings. The molecule has 5 nitrogen and oxygen atoms in total. The van der Waals surface area contributed by atoms with Crippen LogP contribution in [0.5, 0.6) is 0 Å². The van der Waals surface area contributed by atoms with E-state index in [1.165, 1.54) is 35.3 Å². The fourth-order valence-corrected chi connectivity index (χ4v) is 4.67. The fraction of sp³-hybridized carbons (Fsp3) is 0.417. The Bertz CT molecular complexity index is 588. The first kappa shape index (κ1) is 15.3. The highest BCUT2D eigenvalue weighted by molar-refractivity contribution is 8.00. The number of nitrogens with zero attached hydrogens (tertiary/aromatic N) is 1. The van der Waals surface area contributed by atoms with Gasteiger partial charge in [0.05, 0.1) is 12.0 Å². The second-order valence-electron chi connectivity index (χ2n) is 4.20. The van der Waals surface area contributed by atoms with Gasteiger partial charge >= 0.3 is 5.97 Å². The number of ether oxygens (including phenoxy) is 1. The molecule has 1 aromatic carbocycles. The van der Waals surface area contributed by atoms with Crippen LogP contribution in [-0.2, 0) is 19.6 Å². The summed E-state index contributed by atoms with van der Waals surface area (Å²) in [7, 11) is -2.43. The summed E-state index contributed by atoms with van der Waals surface area (Å²) in [6.07, 6.45) is 0. The van der Waals surface area contributed by atoms with Gasteiger partial charge in [0.1, 0.15) is 11.1 Å². The maximum absolute atomic E-state index is 12.9. The van der Waals surface area contributed by atoms with E-state index in [0.29, 0.717) is 12.3 Å². The Balaban J connectivity index is 2.21. The first-order valence-corrected chi connectivity index (χ1v) is 8.39. The topological polar surface area (TPSA) is 63.7 Å². The molecule has 1 heterocycles. The third-order valence-corrected chi connectivity index (χ3v) is 5.99. The molecule has 8 heteroatoms. The lowest BCUT2D eigenvalue weighted by Gasteiger charge is -2.30. The van der Waals surface area contributed by atoms with Crippen molar-refractivity contribution in [2.45, 2.75) is 10.1 Å². The van der Waals surface area contributed by atoms with E-state index in [-0.39, 0.29) is 11.4 Å². The average Bonchev–Trinajstić information content (AvgIpc) is 2.47. The zero-order valence-electron chi connectivity index (χ0n) is 10.8. The molecule has 0 amide bonds. The Morgan fingerprint density at radius 1 is 1.40 bits per heavy atom. The highest BCUT2D eigenvalue weighted by atomic mass is 32.2. The third-order valence-electron chi connectivity index (χ3n) is 2.94. The third kappa shape index (κ3) is 3.13. The second-order valence-corrected chi connectivity index (χ2v) is 7.45. The molecule has 1 fully saturated rings. The Morgan fingerprint density at radius 3 is 2.65 bits per heavy atom. The Labute approximate surface area is 121 Å². The Morgan fingerprint density at radius 2 is 2.05 bits per heavy atom. The van der Waals surface area contributed by atoms with E-state index in [0.717, 1.165) is 12.1 Å². The Kier molecular flexibility index (Phi) is 4.66. The Hall–Kier alpha value is -1.12. The summed E-state index contributed by atoms with van der Waals surface area (Å²) < 4.78 is 43.5. The lowest BCUT2D eigenvalue weighted by Crippen LogP contribution is -2.44. The summed E-state index contributed by atoms with van der Waals surface area (Å²) in [6.45, 7) is 0.384. The van der Waals surface area contributed by atoms with E-state index in [4.69, 9.17) is 0 Å². The van der Waals surface area contributed by atoms with Crippen molar-refractivity contribution in [3.8, 4) is 0 Å². The molecular weight excluding hydrogens is 305 g/mol. The van der Waals surface area contributed by atoms with Crippen LogP contribution >= 0.6 is 11.8 Å². The number of hydrogen-bond donors (Lipinski definition) is 0. The number of thioether (sulfide) groups is 1. The van der Waals surface area contributed by atoms with Crippen LogP contribution in [-0.4, -0.2) is 49.9 Å². The summed E-state index contributed by atoms with van der Waals surface area (Å²) in [4.78, 5) is 11.5. The van der Waals surface area contributed by atoms with E-state index >= 15 is 0 Å². The van der Waals surface area contributed by atoms with Gasteiger partial charge in [-0.15, -0.1) is 11.8 Å². The maximum Gasteiger partial charge on any atom is 0.320 e. The van der Waals surface area contributed by atoms with Crippen LogP contribution < -0.4 is 0 Å². The molecule has 0 aliphatic carbocycles. The van der Waals surface area contributed by atoms with Crippen LogP contribution in [0.25, 0.3) is 0 Å². The maximum atomic E-state index is 12.9. The smallest absolute Gasteiger partial charge is 0.320 e. The quantitative estimate of drug-likeness (QED) is 0.781. The lowest BCUT2D eigenvalue weighted by molar-refractivity contribution is -0.140. The minimum Gasteiger partial charge on any atom is -0.468 e. The molecule has 2 rings (SSSR count). The summed E-state index contributed by atoms with van der Waals surface area (Å²) >= 11 is 1.37. The number of carbonyl (C=O) groups is 1. The normalized spacial score (nSPS) is 20.6. The van der Waals surface area contributed by atoms with Gasteiger partial charge in [-0.2, -0.15) is 4.31 Å². The van der Waals surface area contributed by atoms with Crippen LogP contribution in [0, 0.1) is 5.82 Å². The van der Waals surface area contributed by atoms with Crippen LogP contribution in [0.3, 0.4) is 0 Å². The highest BCUT2D eigenvalue weighted by Crippen LogP contribution is 2.25. The zero-order valence-corrected chi connectivity index (χ0v) is 12.4. The predicted octanol–water partition coefficient (Wildman–Crippen LogP) is 1.10. The van der Waals surface area contributed by atoms with Crippen molar-refractivity contribution < 1.29 is 22.3 Å². The van der Waals surface area contributed by atoms with Gasteiger partial charge in [0.2, 0.25) is 10.0 Å². The summed E-state index contributed by atoms with van der Waals surface area (Å²) in [5.41, 5.74) is 0. The number of halogens is 1. The van der Waals surface area contributed by atoms with Crippen molar-refractivity contribution in [2.24, 2.45) is 0 Å². The van der Waals surface area contributed by atoms with E-state index in [9.17, 15) is 17.6 Å². The van der Waals surface area contributed by atoms with E-state index in [2.05, 4.69) is 4.74 Å². The number of esters is 1. The molecule has 1 atom stereocenters. The molecule has 0 bridgehead atoms. The number of rotatable bonds is 3. The molecule has 20 heavy (non-hydrogen) atoms. The standard InChI is InChI=1S/C12H14FNO4S2/c1-18-12(15)11-8-14(6-7-19-11)20(16,17)10-4-2-9(13)3-5-10/h2-5,11H,6-8H2,1H3/t11-/m0/s1. The zero-order chi connectivity index (χ0) is 14.8. The molecule has 1 saturated heterocycles. The predicted molar refractivity (Wildman–Crippen MR) is 73.4 cm³/mol.